The minimum Gasteiger partial charge on any atom is -0.326 e. The predicted molar refractivity (Wildman–Crippen MR) is 64.0 cm³/mol. The quantitative estimate of drug-likeness (QED) is 0.749. The van der Waals surface area contributed by atoms with Crippen LogP contribution < -0.4 is 5.32 Å². The Morgan fingerprint density at radius 3 is 2.20 bits per heavy atom. The van der Waals surface area contributed by atoms with Crippen molar-refractivity contribution < 1.29 is 4.79 Å². The average molecular weight is 205 g/mol. The second-order valence-electron chi connectivity index (χ2n) is 5.00. The van der Waals surface area contributed by atoms with Crippen molar-refractivity contribution >= 4 is 11.6 Å². The molecule has 0 radical (unpaired) electrons. The molecule has 0 spiro atoms. The third kappa shape index (κ3) is 3.08. The summed E-state index contributed by atoms with van der Waals surface area (Å²) in [5.74, 6) is 0.0470. The van der Waals surface area contributed by atoms with Crippen LogP contribution >= 0.6 is 0 Å². The normalized spacial score (nSPS) is 11.3. The fraction of sp³-hybridized carbons (Fsp3) is 0.462. The van der Waals surface area contributed by atoms with Crippen LogP contribution in [0.15, 0.2) is 18.2 Å². The molecule has 0 aromatic heterocycles. The molecule has 0 atom stereocenters. The van der Waals surface area contributed by atoms with Crippen molar-refractivity contribution in [1.82, 2.24) is 0 Å². The topological polar surface area (TPSA) is 29.1 Å². The van der Waals surface area contributed by atoms with Gasteiger partial charge in [-0.05, 0) is 37.1 Å². The van der Waals surface area contributed by atoms with Gasteiger partial charge in [0.25, 0.3) is 0 Å². The second kappa shape index (κ2) is 4.05. The van der Waals surface area contributed by atoms with Gasteiger partial charge in [-0.2, -0.15) is 0 Å². The van der Waals surface area contributed by atoms with Crippen molar-refractivity contribution in [3.63, 3.8) is 0 Å². The molecule has 1 N–H and O–H groups in total. The summed E-state index contributed by atoms with van der Waals surface area (Å²) in [6.07, 6.45) is 0. The maximum absolute atomic E-state index is 11.7. The molecule has 0 fully saturated rings. The van der Waals surface area contributed by atoms with Gasteiger partial charge in [0.15, 0.2) is 0 Å². The third-order valence-corrected chi connectivity index (χ3v) is 2.45. The monoisotopic (exact) mass is 205 g/mol. The Labute approximate surface area is 91.7 Å². The SMILES string of the molecule is Cc1ccc(NC(=O)C(C)(C)C)cc1C. The molecule has 0 aliphatic heterocycles. The van der Waals surface area contributed by atoms with Gasteiger partial charge in [0.2, 0.25) is 5.91 Å². The summed E-state index contributed by atoms with van der Waals surface area (Å²) in [6, 6.07) is 5.96. The lowest BCUT2D eigenvalue weighted by Crippen LogP contribution is -2.27. The molecule has 1 aromatic rings. The largest absolute Gasteiger partial charge is 0.326 e. The van der Waals surface area contributed by atoms with Crippen LogP contribution in [0.3, 0.4) is 0 Å². The van der Waals surface area contributed by atoms with Crippen molar-refractivity contribution in [2.24, 2.45) is 5.41 Å². The molecule has 0 aliphatic rings. The number of carbonyl (C=O) groups is 1. The van der Waals surface area contributed by atoms with Crippen LogP contribution in [0.1, 0.15) is 31.9 Å². The number of nitrogens with one attached hydrogen (secondary N) is 1. The van der Waals surface area contributed by atoms with Crippen LogP contribution in [0.2, 0.25) is 0 Å². The highest BCUT2D eigenvalue weighted by Gasteiger charge is 2.20. The highest BCUT2D eigenvalue weighted by atomic mass is 16.2. The molecule has 2 heteroatoms. The Hall–Kier alpha value is -1.31. The van der Waals surface area contributed by atoms with E-state index in [2.05, 4.69) is 12.2 Å². The summed E-state index contributed by atoms with van der Waals surface area (Å²) < 4.78 is 0. The number of amides is 1. The molecule has 1 rings (SSSR count). The summed E-state index contributed by atoms with van der Waals surface area (Å²) in [5, 5.41) is 2.91. The fourth-order valence-corrected chi connectivity index (χ4v) is 1.14. The minimum absolute atomic E-state index is 0.0470. The lowest BCUT2D eigenvalue weighted by atomic mass is 9.95. The highest BCUT2D eigenvalue weighted by Crippen LogP contribution is 2.19. The first-order valence-corrected chi connectivity index (χ1v) is 5.19. The zero-order valence-corrected chi connectivity index (χ0v) is 10.1. The zero-order chi connectivity index (χ0) is 11.6. The molecule has 0 saturated heterocycles. The molecule has 0 unspecified atom stereocenters. The van der Waals surface area contributed by atoms with Crippen LogP contribution in [-0.4, -0.2) is 5.91 Å². The number of rotatable bonds is 1. The smallest absolute Gasteiger partial charge is 0.229 e. The fourth-order valence-electron chi connectivity index (χ4n) is 1.14. The van der Waals surface area contributed by atoms with Gasteiger partial charge in [0, 0.05) is 11.1 Å². The van der Waals surface area contributed by atoms with Gasteiger partial charge in [0.1, 0.15) is 0 Å². The van der Waals surface area contributed by atoms with E-state index in [0.29, 0.717) is 0 Å². The van der Waals surface area contributed by atoms with E-state index in [0.717, 1.165) is 5.69 Å². The molecule has 0 bridgehead atoms. The first-order valence-electron chi connectivity index (χ1n) is 5.19. The second-order valence-corrected chi connectivity index (χ2v) is 5.00. The maximum atomic E-state index is 11.7. The number of hydrogen-bond acceptors (Lipinski definition) is 1. The number of aryl methyl sites for hydroxylation is 2. The lowest BCUT2D eigenvalue weighted by molar-refractivity contribution is -0.123. The average Bonchev–Trinajstić information content (AvgIpc) is 2.10. The summed E-state index contributed by atoms with van der Waals surface area (Å²) >= 11 is 0. The van der Waals surface area contributed by atoms with E-state index in [4.69, 9.17) is 0 Å². The van der Waals surface area contributed by atoms with Crippen LogP contribution in [0.5, 0.6) is 0 Å². The van der Waals surface area contributed by atoms with Gasteiger partial charge >= 0.3 is 0 Å². The van der Waals surface area contributed by atoms with Crippen molar-refractivity contribution in [2.45, 2.75) is 34.6 Å². The molecular formula is C13H19NO. The van der Waals surface area contributed by atoms with Crippen LogP contribution in [0.4, 0.5) is 5.69 Å². The van der Waals surface area contributed by atoms with E-state index < -0.39 is 0 Å². The third-order valence-electron chi connectivity index (χ3n) is 2.45. The van der Waals surface area contributed by atoms with E-state index >= 15 is 0 Å². The van der Waals surface area contributed by atoms with Gasteiger partial charge in [-0.1, -0.05) is 26.8 Å². The van der Waals surface area contributed by atoms with Crippen LogP contribution in [-0.2, 0) is 4.79 Å². The summed E-state index contributed by atoms with van der Waals surface area (Å²) in [5.41, 5.74) is 2.96. The van der Waals surface area contributed by atoms with Crippen LogP contribution in [0, 0.1) is 19.3 Å². The Morgan fingerprint density at radius 1 is 1.13 bits per heavy atom. The van der Waals surface area contributed by atoms with Crippen molar-refractivity contribution in [3.8, 4) is 0 Å². The van der Waals surface area contributed by atoms with Crippen molar-refractivity contribution in [2.75, 3.05) is 5.32 Å². The van der Waals surface area contributed by atoms with E-state index in [1.165, 1.54) is 11.1 Å². The molecule has 2 nitrogen and oxygen atoms in total. The minimum atomic E-state index is -0.348. The van der Waals surface area contributed by atoms with Crippen molar-refractivity contribution in [3.05, 3.63) is 29.3 Å². The van der Waals surface area contributed by atoms with E-state index in [9.17, 15) is 4.79 Å². The molecular weight excluding hydrogens is 186 g/mol. The molecule has 1 amide bonds. The summed E-state index contributed by atoms with van der Waals surface area (Å²) in [7, 11) is 0. The van der Waals surface area contributed by atoms with Gasteiger partial charge in [0.05, 0.1) is 0 Å². The Balaban J connectivity index is 2.83. The Bertz CT molecular complexity index is 375. The predicted octanol–water partition coefficient (Wildman–Crippen LogP) is 3.29. The molecule has 0 saturated carbocycles. The molecule has 1 aromatic carbocycles. The Morgan fingerprint density at radius 2 is 1.73 bits per heavy atom. The lowest BCUT2D eigenvalue weighted by Gasteiger charge is -2.18. The summed E-state index contributed by atoms with van der Waals surface area (Å²) in [4.78, 5) is 11.7. The van der Waals surface area contributed by atoms with Gasteiger partial charge < -0.3 is 5.32 Å². The van der Waals surface area contributed by atoms with Gasteiger partial charge in [-0.25, -0.2) is 0 Å². The summed E-state index contributed by atoms with van der Waals surface area (Å²) in [6.45, 7) is 9.82. The number of benzene rings is 1. The molecule has 0 aliphatic carbocycles. The molecule has 15 heavy (non-hydrogen) atoms. The number of carbonyl (C=O) groups excluding carboxylic acids is 1. The highest BCUT2D eigenvalue weighted by molar-refractivity contribution is 5.94. The number of hydrogen-bond donors (Lipinski definition) is 1. The first kappa shape index (κ1) is 11.8. The van der Waals surface area contributed by atoms with E-state index in [1.54, 1.807) is 0 Å². The maximum Gasteiger partial charge on any atom is 0.229 e. The molecule has 82 valence electrons. The molecule has 0 heterocycles. The standard InChI is InChI=1S/C13H19NO/c1-9-6-7-11(8-10(9)2)14-12(15)13(3,4)5/h6-8H,1-5H3,(H,14,15). The van der Waals surface area contributed by atoms with Crippen LogP contribution in [0.25, 0.3) is 0 Å². The first-order chi connectivity index (χ1) is 6.80. The van der Waals surface area contributed by atoms with E-state index in [-0.39, 0.29) is 11.3 Å². The van der Waals surface area contributed by atoms with Crippen molar-refractivity contribution in [1.29, 1.82) is 0 Å². The van der Waals surface area contributed by atoms with Gasteiger partial charge in [-0.15, -0.1) is 0 Å². The zero-order valence-electron chi connectivity index (χ0n) is 10.1. The van der Waals surface area contributed by atoms with Gasteiger partial charge in [-0.3, -0.25) is 4.79 Å². The van der Waals surface area contributed by atoms with E-state index in [1.807, 2.05) is 45.9 Å². The number of anilines is 1. The Kier molecular flexibility index (Phi) is 3.18.